The molecule has 43 heavy (non-hydrogen) atoms. The lowest BCUT2D eigenvalue weighted by atomic mass is 10.0. The summed E-state index contributed by atoms with van der Waals surface area (Å²) in [5, 5.41) is 14.2. The van der Waals surface area contributed by atoms with Crippen molar-refractivity contribution in [1.82, 2.24) is 4.98 Å². The molecule has 0 spiro atoms. The van der Waals surface area contributed by atoms with Gasteiger partial charge in [0.15, 0.2) is 11.6 Å². The summed E-state index contributed by atoms with van der Waals surface area (Å²) in [7, 11) is 2.37. The van der Waals surface area contributed by atoms with E-state index in [0.29, 0.717) is 0 Å². The van der Waals surface area contributed by atoms with Gasteiger partial charge in [0.05, 0.1) is 35.4 Å². The van der Waals surface area contributed by atoms with Crippen LogP contribution in [0.5, 0.6) is 5.88 Å². The highest BCUT2D eigenvalue weighted by Crippen LogP contribution is 2.33. The fourth-order valence-electron chi connectivity index (χ4n) is 3.92. The number of nitrogens with one attached hydrogen (secondary N) is 1. The zero-order chi connectivity index (χ0) is 32.1. The lowest BCUT2D eigenvalue weighted by molar-refractivity contribution is -0.384. The SMILES string of the molecule is COC(=O)c1cc(F)c(Cl)cc1Nc1ccc(F)c(F)c1CCCN(C(=O)OC(C)(C)C)c1nc(OC)ccc1[N+](=O)[O-]. The molecule has 0 unspecified atom stereocenters. The molecule has 15 heteroatoms. The maximum atomic E-state index is 15.1. The maximum Gasteiger partial charge on any atom is 0.416 e. The number of ether oxygens (including phenoxy) is 3. The lowest BCUT2D eigenvalue weighted by Gasteiger charge is -2.27. The molecule has 3 rings (SSSR count). The Hall–Kier alpha value is -4.59. The van der Waals surface area contributed by atoms with Gasteiger partial charge in [0.25, 0.3) is 0 Å². The van der Waals surface area contributed by atoms with Crippen LogP contribution in [0.1, 0.15) is 43.1 Å². The van der Waals surface area contributed by atoms with Crippen LogP contribution < -0.4 is 15.0 Å². The maximum absolute atomic E-state index is 15.1. The first-order valence-corrected chi connectivity index (χ1v) is 13.1. The molecule has 0 saturated carbocycles. The molecular weight excluding hydrogens is 597 g/mol. The predicted molar refractivity (Wildman–Crippen MR) is 152 cm³/mol. The first kappa shape index (κ1) is 32.9. The number of hydrogen-bond acceptors (Lipinski definition) is 9. The molecule has 1 amide bonds. The van der Waals surface area contributed by atoms with Crippen molar-refractivity contribution in [3.63, 3.8) is 0 Å². The average Bonchev–Trinajstić information content (AvgIpc) is 2.94. The molecule has 0 aliphatic carbocycles. The van der Waals surface area contributed by atoms with Gasteiger partial charge in [-0.15, -0.1) is 0 Å². The summed E-state index contributed by atoms with van der Waals surface area (Å²) in [6.07, 6.45) is -1.26. The number of amides is 1. The van der Waals surface area contributed by atoms with Crippen LogP contribution in [-0.2, 0) is 15.9 Å². The Balaban J connectivity index is 1.99. The van der Waals surface area contributed by atoms with Gasteiger partial charge in [-0.25, -0.2) is 22.8 Å². The van der Waals surface area contributed by atoms with E-state index in [-0.39, 0.29) is 58.6 Å². The first-order valence-electron chi connectivity index (χ1n) is 12.7. The largest absolute Gasteiger partial charge is 0.481 e. The van der Waals surface area contributed by atoms with E-state index in [4.69, 9.17) is 21.1 Å². The number of esters is 1. The number of halogens is 4. The summed E-state index contributed by atoms with van der Waals surface area (Å²) in [4.78, 5) is 41.4. The number of nitro groups is 1. The van der Waals surface area contributed by atoms with E-state index >= 15 is 4.39 Å². The van der Waals surface area contributed by atoms with Crippen LogP contribution in [0.2, 0.25) is 5.02 Å². The third kappa shape index (κ3) is 8.03. The van der Waals surface area contributed by atoms with Crippen LogP contribution in [0.3, 0.4) is 0 Å². The summed E-state index contributed by atoms with van der Waals surface area (Å²) < 4.78 is 58.7. The molecule has 2 aromatic carbocycles. The number of carbonyl (C=O) groups is 2. The minimum Gasteiger partial charge on any atom is -0.481 e. The topological polar surface area (TPSA) is 133 Å². The molecule has 1 aromatic heterocycles. The van der Waals surface area contributed by atoms with Crippen LogP contribution in [-0.4, -0.2) is 48.3 Å². The molecule has 0 aliphatic heterocycles. The van der Waals surface area contributed by atoms with E-state index in [2.05, 4.69) is 15.0 Å². The standard InChI is InChI=1S/C28H28ClF3N4O7/c1-28(2,3)43-27(38)35(25-22(36(39)40)10-11-23(34-25)41-4)12-6-7-15-20(9-8-18(30)24(15)32)33-21-14-17(29)19(31)13-16(21)26(37)42-5/h8-11,13-14,33H,6-7,12H2,1-5H3. The molecule has 11 nitrogen and oxygen atoms in total. The highest BCUT2D eigenvalue weighted by atomic mass is 35.5. The van der Waals surface area contributed by atoms with Crippen molar-refractivity contribution in [3.8, 4) is 5.88 Å². The number of nitrogens with zero attached hydrogens (tertiary/aromatic N) is 3. The van der Waals surface area contributed by atoms with Gasteiger partial charge in [0, 0.05) is 29.9 Å². The minimum atomic E-state index is -1.23. The van der Waals surface area contributed by atoms with Gasteiger partial charge in [-0.3, -0.25) is 15.0 Å². The molecule has 3 aromatic rings. The molecule has 1 N–H and O–H groups in total. The van der Waals surface area contributed by atoms with E-state index in [9.17, 15) is 28.5 Å². The van der Waals surface area contributed by atoms with Crippen LogP contribution in [0.25, 0.3) is 0 Å². The summed E-state index contributed by atoms with van der Waals surface area (Å²) in [6, 6.07) is 6.33. The second-order valence-electron chi connectivity index (χ2n) is 10.0. The normalized spacial score (nSPS) is 11.1. The predicted octanol–water partition coefficient (Wildman–Crippen LogP) is 6.97. The number of aromatic nitrogens is 1. The molecule has 0 bridgehead atoms. The van der Waals surface area contributed by atoms with Crippen molar-refractivity contribution < 1.29 is 41.9 Å². The lowest BCUT2D eigenvalue weighted by Crippen LogP contribution is -2.38. The molecule has 0 saturated heterocycles. The van der Waals surface area contributed by atoms with Gasteiger partial charge in [0.1, 0.15) is 11.4 Å². The molecular formula is C28H28ClF3N4O7. The zero-order valence-electron chi connectivity index (χ0n) is 23.8. The van der Waals surface area contributed by atoms with Gasteiger partial charge in [-0.2, -0.15) is 4.98 Å². The summed E-state index contributed by atoms with van der Waals surface area (Å²) in [6.45, 7) is 4.52. The van der Waals surface area contributed by atoms with Crippen molar-refractivity contribution in [2.45, 2.75) is 39.2 Å². The Morgan fingerprint density at radius 1 is 1.07 bits per heavy atom. The van der Waals surface area contributed by atoms with E-state index in [1.54, 1.807) is 20.8 Å². The third-order valence-electron chi connectivity index (χ3n) is 5.84. The Morgan fingerprint density at radius 2 is 1.77 bits per heavy atom. The Labute approximate surface area is 249 Å². The first-order chi connectivity index (χ1) is 20.2. The van der Waals surface area contributed by atoms with Crippen molar-refractivity contribution in [1.29, 1.82) is 0 Å². The Kier molecular flexibility index (Phi) is 10.4. The van der Waals surface area contributed by atoms with Gasteiger partial charge >= 0.3 is 17.7 Å². The van der Waals surface area contributed by atoms with Crippen molar-refractivity contribution >= 4 is 46.5 Å². The van der Waals surface area contributed by atoms with Crippen molar-refractivity contribution in [2.24, 2.45) is 0 Å². The third-order valence-corrected chi connectivity index (χ3v) is 6.13. The number of hydrogen-bond donors (Lipinski definition) is 1. The molecule has 0 aliphatic rings. The van der Waals surface area contributed by atoms with Gasteiger partial charge < -0.3 is 19.5 Å². The summed E-state index contributed by atoms with van der Waals surface area (Å²) in [5.41, 5.74) is -2.00. The molecule has 0 radical (unpaired) electrons. The molecule has 0 atom stereocenters. The monoisotopic (exact) mass is 624 g/mol. The van der Waals surface area contributed by atoms with Gasteiger partial charge in [0.2, 0.25) is 11.7 Å². The zero-order valence-corrected chi connectivity index (χ0v) is 24.6. The number of pyridine rings is 1. The van der Waals surface area contributed by atoms with E-state index in [0.717, 1.165) is 36.3 Å². The van der Waals surface area contributed by atoms with Gasteiger partial charge in [-0.05, 0) is 57.9 Å². The number of carbonyl (C=O) groups excluding carboxylic acids is 2. The number of anilines is 3. The van der Waals surface area contributed by atoms with Crippen LogP contribution >= 0.6 is 11.6 Å². The second-order valence-corrected chi connectivity index (χ2v) is 10.4. The quantitative estimate of drug-likeness (QED) is 0.144. The minimum absolute atomic E-state index is 0.000955. The molecule has 1 heterocycles. The summed E-state index contributed by atoms with van der Waals surface area (Å²) in [5.74, 6) is -4.62. The number of rotatable bonds is 10. The highest BCUT2D eigenvalue weighted by molar-refractivity contribution is 6.31. The van der Waals surface area contributed by atoms with Gasteiger partial charge in [-0.1, -0.05) is 11.6 Å². The second kappa shape index (κ2) is 13.6. The fraction of sp³-hybridized carbons (Fsp3) is 0.321. The molecule has 0 fully saturated rings. The number of benzene rings is 2. The number of methoxy groups -OCH3 is 2. The van der Waals surface area contributed by atoms with E-state index in [1.807, 2.05) is 0 Å². The Morgan fingerprint density at radius 3 is 2.37 bits per heavy atom. The van der Waals surface area contributed by atoms with Crippen molar-refractivity contribution in [3.05, 3.63) is 80.1 Å². The van der Waals surface area contributed by atoms with Crippen molar-refractivity contribution in [2.75, 3.05) is 31.0 Å². The highest BCUT2D eigenvalue weighted by Gasteiger charge is 2.31. The van der Waals surface area contributed by atoms with E-state index < -0.39 is 45.7 Å². The average molecular weight is 625 g/mol. The fourth-order valence-corrected chi connectivity index (χ4v) is 4.09. The smallest absolute Gasteiger partial charge is 0.416 e. The van der Waals surface area contributed by atoms with E-state index in [1.165, 1.54) is 19.2 Å². The van der Waals surface area contributed by atoms with Crippen LogP contribution in [0.15, 0.2) is 36.4 Å². The van der Waals surface area contributed by atoms with Crippen LogP contribution in [0, 0.1) is 27.6 Å². The molecule has 230 valence electrons. The summed E-state index contributed by atoms with van der Waals surface area (Å²) >= 11 is 5.89. The Bertz CT molecular complexity index is 1550. The van der Waals surface area contributed by atoms with Crippen LogP contribution in [0.4, 0.5) is 40.8 Å².